The smallest absolute Gasteiger partial charge is 0.240 e. The average molecular weight is 285 g/mol. The minimum absolute atomic E-state index is 0.213. The SMILES string of the molecule is CCC(C)C(Nc1ccccc1Br)C(N)=O. The molecule has 0 aliphatic carbocycles. The van der Waals surface area contributed by atoms with E-state index in [-0.39, 0.29) is 17.9 Å². The predicted octanol–water partition coefficient (Wildman–Crippen LogP) is 2.76. The van der Waals surface area contributed by atoms with Crippen molar-refractivity contribution >= 4 is 27.5 Å². The van der Waals surface area contributed by atoms with Crippen LogP contribution < -0.4 is 11.1 Å². The summed E-state index contributed by atoms with van der Waals surface area (Å²) in [7, 11) is 0. The lowest BCUT2D eigenvalue weighted by molar-refractivity contribution is -0.119. The molecule has 0 fully saturated rings. The number of hydrogen-bond acceptors (Lipinski definition) is 2. The molecule has 1 aromatic rings. The van der Waals surface area contributed by atoms with Gasteiger partial charge >= 0.3 is 0 Å². The first-order chi connectivity index (χ1) is 7.56. The molecule has 1 rings (SSSR count). The van der Waals surface area contributed by atoms with Gasteiger partial charge in [0.25, 0.3) is 0 Å². The number of rotatable bonds is 5. The number of carbonyl (C=O) groups excluding carboxylic acids is 1. The number of nitrogens with one attached hydrogen (secondary N) is 1. The number of amides is 1. The van der Waals surface area contributed by atoms with E-state index in [2.05, 4.69) is 21.2 Å². The van der Waals surface area contributed by atoms with Crippen LogP contribution in [-0.2, 0) is 4.79 Å². The largest absolute Gasteiger partial charge is 0.373 e. The fourth-order valence-electron chi connectivity index (χ4n) is 1.48. The summed E-state index contributed by atoms with van der Waals surface area (Å²) in [5, 5.41) is 3.18. The highest BCUT2D eigenvalue weighted by Gasteiger charge is 2.21. The third kappa shape index (κ3) is 3.23. The van der Waals surface area contributed by atoms with Gasteiger partial charge in [-0.25, -0.2) is 0 Å². The van der Waals surface area contributed by atoms with Crippen LogP contribution in [0.4, 0.5) is 5.69 Å². The number of benzene rings is 1. The van der Waals surface area contributed by atoms with E-state index in [0.29, 0.717) is 0 Å². The molecule has 3 nitrogen and oxygen atoms in total. The molecule has 0 heterocycles. The number of carbonyl (C=O) groups is 1. The highest BCUT2D eigenvalue weighted by Crippen LogP contribution is 2.23. The van der Waals surface area contributed by atoms with Gasteiger partial charge in [-0.3, -0.25) is 4.79 Å². The topological polar surface area (TPSA) is 55.1 Å². The molecule has 0 saturated heterocycles. The normalized spacial score (nSPS) is 14.2. The van der Waals surface area contributed by atoms with Crippen LogP contribution in [0.5, 0.6) is 0 Å². The number of nitrogens with two attached hydrogens (primary N) is 1. The van der Waals surface area contributed by atoms with Crippen molar-refractivity contribution in [1.82, 2.24) is 0 Å². The lowest BCUT2D eigenvalue weighted by Gasteiger charge is -2.22. The Morgan fingerprint density at radius 3 is 2.62 bits per heavy atom. The highest BCUT2D eigenvalue weighted by atomic mass is 79.9. The average Bonchev–Trinajstić information content (AvgIpc) is 2.26. The van der Waals surface area contributed by atoms with Crippen molar-refractivity contribution in [2.45, 2.75) is 26.3 Å². The van der Waals surface area contributed by atoms with Crippen LogP contribution in [0.2, 0.25) is 0 Å². The van der Waals surface area contributed by atoms with Gasteiger partial charge in [0.1, 0.15) is 6.04 Å². The highest BCUT2D eigenvalue weighted by molar-refractivity contribution is 9.10. The maximum Gasteiger partial charge on any atom is 0.240 e. The monoisotopic (exact) mass is 284 g/mol. The molecule has 1 aromatic carbocycles. The zero-order valence-corrected chi connectivity index (χ0v) is 11.1. The van der Waals surface area contributed by atoms with Crippen molar-refractivity contribution in [2.24, 2.45) is 11.7 Å². The molecule has 0 saturated carbocycles. The number of anilines is 1. The molecule has 16 heavy (non-hydrogen) atoms. The fourth-order valence-corrected chi connectivity index (χ4v) is 1.87. The van der Waals surface area contributed by atoms with Crippen molar-refractivity contribution < 1.29 is 4.79 Å². The van der Waals surface area contributed by atoms with Crippen molar-refractivity contribution in [3.05, 3.63) is 28.7 Å². The van der Waals surface area contributed by atoms with E-state index < -0.39 is 0 Å². The minimum atomic E-state index is -0.330. The van der Waals surface area contributed by atoms with E-state index in [1.54, 1.807) is 0 Å². The van der Waals surface area contributed by atoms with Crippen molar-refractivity contribution in [2.75, 3.05) is 5.32 Å². The van der Waals surface area contributed by atoms with E-state index in [4.69, 9.17) is 5.73 Å². The van der Waals surface area contributed by atoms with E-state index in [9.17, 15) is 4.79 Å². The molecule has 0 spiro atoms. The molecule has 2 atom stereocenters. The lowest BCUT2D eigenvalue weighted by atomic mass is 9.98. The Kier molecular flexibility index (Phi) is 4.80. The van der Waals surface area contributed by atoms with Crippen LogP contribution in [-0.4, -0.2) is 11.9 Å². The van der Waals surface area contributed by atoms with Gasteiger partial charge in [-0.15, -0.1) is 0 Å². The Morgan fingerprint density at radius 1 is 1.50 bits per heavy atom. The van der Waals surface area contributed by atoms with Crippen molar-refractivity contribution in [1.29, 1.82) is 0 Å². The second kappa shape index (κ2) is 5.89. The maximum atomic E-state index is 11.4. The van der Waals surface area contributed by atoms with Gasteiger partial charge in [0.05, 0.1) is 0 Å². The van der Waals surface area contributed by atoms with Gasteiger partial charge in [0.15, 0.2) is 0 Å². The second-order valence-corrected chi connectivity index (χ2v) is 4.74. The first-order valence-electron chi connectivity index (χ1n) is 5.36. The molecule has 0 aliphatic rings. The molecule has 3 N–H and O–H groups in total. The van der Waals surface area contributed by atoms with Crippen LogP contribution in [0.1, 0.15) is 20.3 Å². The maximum absolute atomic E-state index is 11.4. The van der Waals surface area contributed by atoms with Crippen LogP contribution in [0.25, 0.3) is 0 Å². The first kappa shape index (κ1) is 13.0. The molecule has 2 unspecified atom stereocenters. The molecule has 0 aliphatic heterocycles. The summed E-state index contributed by atoms with van der Waals surface area (Å²) >= 11 is 3.43. The number of para-hydroxylation sites is 1. The van der Waals surface area contributed by atoms with Crippen molar-refractivity contribution in [3.8, 4) is 0 Å². The summed E-state index contributed by atoms with van der Waals surface area (Å²) in [6, 6.07) is 7.36. The Hall–Kier alpha value is -1.03. The summed E-state index contributed by atoms with van der Waals surface area (Å²) in [6.45, 7) is 4.06. The van der Waals surface area contributed by atoms with Gasteiger partial charge in [0.2, 0.25) is 5.91 Å². The summed E-state index contributed by atoms with van der Waals surface area (Å²) in [6.07, 6.45) is 0.908. The Balaban J connectivity index is 2.84. The Bertz CT molecular complexity index is 368. The molecule has 0 radical (unpaired) electrons. The molecule has 0 bridgehead atoms. The molecule has 1 amide bonds. The lowest BCUT2D eigenvalue weighted by Crippen LogP contribution is -2.40. The summed E-state index contributed by atoms with van der Waals surface area (Å²) < 4.78 is 0.935. The molecule has 4 heteroatoms. The molecular formula is C12H17BrN2O. The second-order valence-electron chi connectivity index (χ2n) is 3.89. The van der Waals surface area contributed by atoms with Crippen LogP contribution >= 0.6 is 15.9 Å². The molecular weight excluding hydrogens is 268 g/mol. The van der Waals surface area contributed by atoms with Gasteiger partial charge in [-0.1, -0.05) is 32.4 Å². The van der Waals surface area contributed by atoms with E-state index in [1.165, 1.54) is 0 Å². The summed E-state index contributed by atoms with van der Waals surface area (Å²) in [4.78, 5) is 11.4. The third-order valence-electron chi connectivity index (χ3n) is 2.70. The van der Waals surface area contributed by atoms with Crippen LogP contribution in [0.15, 0.2) is 28.7 Å². The molecule has 0 aromatic heterocycles. The van der Waals surface area contributed by atoms with Gasteiger partial charge in [-0.2, -0.15) is 0 Å². The van der Waals surface area contributed by atoms with E-state index >= 15 is 0 Å². The zero-order chi connectivity index (χ0) is 12.1. The number of hydrogen-bond donors (Lipinski definition) is 2. The third-order valence-corrected chi connectivity index (χ3v) is 3.40. The van der Waals surface area contributed by atoms with Crippen LogP contribution in [0.3, 0.4) is 0 Å². The summed E-state index contributed by atoms with van der Waals surface area (Å²) in [5.74, 6) is -0.102. The molecule has 88 valence electrons. The quantitative estimate of drug-likeness (QED) is 0.874. The number of halogens is 1. The van der Waals surface area contributed by atoms with E-state index in [0.717, 1.165) is 16.6 Å². The Morgan fingerprint density at radius 2 is 2.12 bits per heavy atom. The van der Waals surface area contributed by atoms with Crippen molar-refractivity contribution in [3.63, 3.8) is 0 Å². The van der Waals surface area contributed by atoms with Gasteiger partial charge in [0, 0.05) is 10.2 Å². The minimum Gasteiger partial charge on any atom is -0.373 e. The van der Waals surface area contributed by atoms with Gasteiger partial charge < -0.3 is 11.1 Å². The zero-order valence-electron chi connectivity index (χ0n) is 9.53. The number of primary amides is 1. The van der Waals surface area contributed by atoms with Crippen LogP contribution in [0, 0.1) is 5.92 Å². The predicted molar refractivity (Wildman–Crippen MR) is 70.2 cm³/mol. The fraction of sp³-hybridized carbons (Fsp3) is 0.417. The first-order valence-corrected chi connectivity index (χ1v) is 6.16. The standard InChI is InChI=1S/C12H17BrN2O/c1-3-8(2)11(12(14)16)15-10-7-5-4-6-9(10)13/h4-8,11,15H,3H2,1-2H3,(H2,14,16). The summed E-state index contributed by atoms with van der Waals surface area (Å²) in [5.41, 5.74) is 6.29. The Labute approximate surface area is 105 Å². The van der Waals surface area contributed by atoms with E-state index in [1.807, 2.05) is 38.1 Å². The van der Waals surface area contributed by atoms with Gasteiger partial charge in [-0.05, 0) is 34.0 Å².